The molecule has 1 saturated carbocycles. The van der Waals surface area contributed by atoms with Crippen LogP contribution in [0.4, 0.5) is 13.2 Å². The van der Waals surface area contributed by atoms with Gasteiger partial charge in [0.25, 0.3) is 0 Å². The zero-order valence-corrected chi connectivity index (χ0v) is 14.0. The highest BCUT2D eigenvalue weighted by Gasteiger charge is 2.31. The molecule has 1 heterocycles. The van der Waals surface area contributed by atoms with Crippen molar-refractivity contribution in [3.05, 3.63) is 29.8 Å². The number of likely N-dealkylation sites (tertiary alicyclic amines) is 1. The number of hydrogen-bond acceptors (Lipinski definition) is 3. The summed E-state index contributed by atoms with van der Waals surface area (Å²) in [5.41, 5.74) is 0.937. The maximum absolute atomic E-state index is 12.2. The Morgan fingerprint density at radius 2 is 1.76 bits per heavy atom. The molecular weight excluding hydrogens is 333 g/mol. The Balaban J connectivity index is 1.43. The highest BCUT2D eigenvalue weighted by Crippen LogP contribution is 2.25. The second kappa shape index (κ2) is 7.64. The Kier molecular flexibility index (Phi) is 5.51. The standard InChI is InChI=1S/C18H23F3N2O2/c19-18(20,21)25-16-6-4-13(5-7-16)12-23-10-8-14(9-11-23)17(24)22-15-2-1-3-15/h4-7,14-15H,1-3,8-12H2,(H,22,24). The number of ether oxygens (including phenoxy) is 1. The van der Waals surface area contributed by atoms with E-state index in [0.29, 0.717) is 12.6 Å². The number of benzene rings is 1. The first kappa shape index (κ1) is 18.0. The minimum Gasteiger partial charge on any atom is -0.406 e. The van der Waals surface area contributed by atoms with Crippen molar-refractivity contribution in [2.24, 2.45) is 5.92 Å². The lowest BCUT2D eigenvalue weighted by molar-refractivity contribution is -0.274. The first-order chi connectivity index (χ1) is 11.9. The van der Waals surface area contributed by atoms with E-state index in [-0.39, 0.29) is 17.6 Å². The molecule has 2 fully saturated rings. The molecule has 4 nitrogen and oxygen atoms in total. The maximum atomic E-state index is 12.2. The van der Waals surface area contributed by atoms with Gasteiger partial charge in [-0.1, -0.05) is 12.1 Å². The molecule has 7 heteroatoms. The van der Waals surface area contributed by atoms with Crippen molar-refractivity contribution in [2.45, 2.75) is 51.1 Å². The van der Waals surface area contributed by atoms with E-state index in [2.05, 4.69) is 15.0 Å². The third-order valence-electron chi connectivity index (χ3n) is 4.97. The predicted molar refractivity (Wildman–Crippen MR) is 86.9 cm³/mol. The molecule has 138 valence electrons. The second-order valence-corrected chi connectivity index (χ2v) is 6.88. The lowest BCUT2D eigenvalue weighted by atomic mass is 9.90. The van der Waals surface area contributed by atoms with Gasteiger partial charge in [-0.05, 0) is 62.9 Å². The quantitative estimate of drug-likeness (QED) is 0.878. The van der Waals surface area contributed by atoms with Gasteiger partial charge in [-0.15, -0.1) is 13.2 Å². The number of amides is 1. The van der Waals surface area contributed by atoms with Crippen LogP contribution in [-0.4, -0.2) is 36.3 Å². The van der Waals surface area contributed by atoms with Crippen LogP contribution in [0.3, 0.4) is 0 Å². The Morgan fingerprint density at radius 3 is 2.28 bits per heavy atom. The van der Waals surface area contributed by atoms with E-state index in [1.807, 2.05) is 0 Å². The first-order valence-corrected chi connectivity index (χ1v) is 8.76. The normalized spacial score (nSPS) is 20.1. The van der Waals surface area contributed by atoms with Crippen LogP contribution in [0.2, 0.25) is 0 Å². The zero-order chi connectivity index (χ0) is 17.9. The summed E-state index contributed by atoms with van der Waals surface area (Å²) in [7, 11) is 0. The molecule has 1 saturated heterocycles. The summed E-state index contributed by atoms with van der Waals surface area (Å²) < 4.78 is 40.4. The fourth-order valence-corrected chi connectivity index (χ4v) is 3.28. The van der Waals surface area contributed by atoms with Crippen molar-refractivity contribution >= 4 is 5.91 Å². The van der Waals surface area contributed by atoms with E-state index in [9.17, 15) is 18.0 Å². The zero-order valence-electron chi connectivity index (χ0n) is 14.0. The van der Waals surface area contributed by atoms with Crippen LogP contribution in [-0.2, 0) is 11.3 Å². The Morgan fingerprint density at radius 1 is 1.12 bits per heavy atom. The van der Waals surface area contributed by atoms with Gasteiger partial charge in [-0.2, -0.15) is 0 Å². The van der Waals surface area contributed by atoms with Crippen molar-refractivity contribution in [3.63, 3.8) is 0 Å². The van der Waals surface area contributed by atoms with Gasteiger partial charge in [0, 0.05) is 18.5 Å². The first-order valence-electron chi connectivity index (χ1n) is 8.76. The minimum absolute atomic E-state index is 0.0828. The number of halogens is 3. The summed E-state index contributed by atoms with van der Waals surface area (Å²) in [4.78, 5) is 14.4. The van der Waals surface area contributed by atoms with Gasteiger partial charge in [0.15, 0.2) is 0 Å². The summed E-state index contributed by atoms with van der Waals surface area (Å²) in [5, 5.41) is 3.11. The number of rotatable bonds is 5. The van der Waals surface area contributed by atoms with Crippen LogP contribution < -0.4 is 10.1 Å². The summed E-state index contributed by atoms with van der Waals surface area (Å²) >= 11 is 0. The lowest BCUT2D eigenvalue weighted by Gasteiger charge is -2.33. The number of piperidine rings is 1. The largest absolute Gasteiger partial charge is 0.573 e. The summed E-state index contributed by atoms with van der Waals surface area (Å²) in [6.07, 6.45) is 0.387. The summed E-state index contributed by atoms with van der Waals surface area (Å²) in [5.74, 6) is 0.0556. The van der Waals surface area contributed by atoms with Crippen molar-refractivity contribution < 1.29 is 22.7 Å². The number of carbonyl (C=O) groups is 1. The molecule has 0 unspecified atom stereocenters. The van der Waals surface area contributed by atoms with Gasteiger partial charge in [0.05, 0.1) is 0 Å². The molecule has 2 aliphatic rings. The van der Waals surface area contributed by atoms with E-state index >= 15 is 0 Å². The fraction of sp³-hybridized carbons (Fsp3) is 0.611. The van der Waals surface area contributed by atoms with E-state index in [0.717, 1.165) is 44.3 Å². The lowest BCUT2D eigenvalue weighted by Crippen LogP contribution is -2.45. The van der Waals surface area contributed by atoms with Crippen LogP contribution in [0, 0.1) is 5.92 Å². The Bertz CT molecular complexity index is 577. The highest BCUT2D eigenvalue weighted by molar-refractivity contribution is 5.79. The minimum atomic E-state index is -4.66. The fourth-order valence-electron chi connectivity index (χ4n) is 3.28. The molecule has 0 spiro atoms. The van der Waals surface area contributed by atoms with Gasteiger partial charge in [0.2, 0.25) is 5.91 Å². The van der Waals surface area contributed by atoms with E-state index in [4.69, 9.17) is 0 Å². The van der Waals surface area contributed by atoms with Crippen molar-refractivity contribution in [3.8, 4) is 5.75 Å². The molecule has 3 rings (SSSR count). The average Bonchev–Trinajstić information content (AvgIpc) is 2.52. The molecule has 0 aromatic heterocycles. The number of alkyl halides is 3. The van der Waals surface area contributed by atoms with Crippen LogP contribution >= 0.6 is 0 Å². The van der Waals surface area contributed by atoms with Crippen LogP contribution in [0.15, 0.2) is 24.3 Å². The molecule has 1 N–H and O–H groups in total. The Labute approximate surface area is 145 Å². The molecule has 1 aliphatic heterocycles. The molecule has 1 aromatic rings. The van der Waals surface area contributed by atoms with Crippen molar-refractivity contribution in [1.29, 1.82) is 0 Å². The van der Waals surface area contributed by atoms with E-state index < -0.39 is 6.36 Å². The molecule has 0 bridgehead atoms. The molecule has 25 heavy (non-hydrogen) atoms. The van der Waals surface area contributed by atoms with Crippen LogP contribution in [0.1, 0.15) is 37.7 Å². The second-order valence-electron chi connectivity index (χ2n) is 6.88. The van der Waals surface area contributed by atoms with Gasteiger partial charge in [-0.3, -0.25) is 9.69 Å². The van der Waals surface area contributed by atoms with Gasteiger partial charge >= 0.3 is 6.36 Å². The number of hydrogen-bond donors (Lipinski definition) is 1. The van der Waals surface area contributed by atoms with E-state index in [1.54, 1.807) is 12.1 Å². The average molecular weight is 356 g/mol. The molecular formula is C18H23F3N2O2. The smallest absolute Gasteiger partial charge is 0.406 e. The molecule has 1 amide bonds. The van der Waals surface area contributed by atoms with Gasteiger partial charge in [0.1, 0.15) is 5.75 Å². The number of nitrogens with zero attached hydrogens (tertiary/aromatic N) is 1. The molecule has 0 atom stereocenters. The molecule has 0 radical (unpaired) electrons. The van der Waals surface area contributed by atoms with Crippen molar-refractivity contribution in [1.82, 2.24) is 10.2 Å². The van der Waals surface area contributed by atoms with Crippen LogP contribution in [0.5, 0.6) is 5.75 Å². The van der Waals surface area contributed by atoms with Gasteiger partial charge < -0.3 is 10.1 Å². The topological polar surface area (TPSA) is 41.6 Å². The number of carbonyl (C=O) groups excluding carboxylic acids is 1. The predicted octanol–water partition coefficient (Wildman–Crippen LogP) is 3.47. The Hall–Kier alpha value is -1.76. The monoisotopic (exact) mass is 356 g/mol. The van der Waals surface area contributed by atoms with Gasteiger partial charge in [-0.25, -0.2) is 0 Å². The third-order valence-corrected chi connectivity index (χ3v) is 4.97. The summed E-state index contributed by atoms with van der Waals surface area (Å²) in [6, 6.07) is 6.35. The van der Waals surface area contributed by atoms with Crippen LogP contribution in [0.25, 0.3) is 0 Å². The SMILES string of the molecule is O=C(NC1CCC1)C1CCN(Cc2ccc(OC(F)(F)F)cc2)CC1. The number of nitrogens with one attached hydrogen (secondary N) is 1. The third kappa shape index (κ3) is 5.36. The summed E-state index contributed by atoms with van der Waals surface area (Å²) in [6.45, 7) is 2.32. The maximum Gasteiger partial charge on any atom is 0.573 e. The highest BCUT2D eigenvalue weighted by atomic mass is 19.4. The van der Waals surface area contributed by atoms with E-state index in [1.165, 1.54) is 18.6 Å². The van der Waals surface area contributed by atoms with Crippen molar-refractivity contribution in [2.75, 3.05) is 13.1 Å². The molecule has 1 aliphatic carbocycles. The molecule has 1 aromatic carbocycles.